The predicted molar refractivity (Wildman–Crippen MR) is 87.1 cm³/mol. The molecule has 2 aliphatic rings. The number of hydrogen-bond donors (Lipinski definition) is 1. The molecule has 3 nitrogen and oxygen atoms in total. The van der Waals surface area contributed by atoms with Crippen molar-refractivity contribution in [3.05, 3.63) is 29.3 Å². The summed E-state index contributed by atoms with van der Waals surface area (Å²) >= 11 is 0. The van der Waals surface area contributed by atoms with Gasteiger partial charge in [-0.2, -0.15) is 0 Å². The van der Waals surface area contributed by atoms with Crippen LogP contribution in [0.5, 0.6) is 5.75 Å². The molecular weight excluding hydrogens is 260 g/mol. The minimum atomic E-state index is 0.694. The molecule has 1 saturated heterocycles. The van der Waals surface area contributed by atoms with Crippen LogP contribution in [-0.2, 0) is 12.8 Å². The Hall–Kier alpha value is -1.06. The summed E-state index contributed by atoms with van der Waals surface area (Å²) in [6.07, 6.45) is 6.35. The van der Waals surface area contributed by atoms with E-state index in [0.29, 0.717) is 6.04 Å². The van der Waals surface area contributed by atoms with Crippen molar-refractivity contribution in [3.8, 4) is 5.75 Å². The van der Waals surface area contributed by atoms with E-state index in [2.05, 4.69) is 35.3 Å². The van der Waals surface area contributed by atoms with Gasteiger partial charge in [0.1, 0.15) is 5.75 Å². The van der Waals surface area contributed by atoms with E-state index >= 15 is 0 Å². The monoisotopic (exact) mass is 288 g/mol. The Kier molecular flexibility index (Phi) is 4.81. The van der Waals surface area contributed by atoms with Gasteiger partial charge in [-0.1, -0.05) is 13.0 Å². The zero-order valence-corrected chi connectivity index (χ0v) is 13.4. The molecule has 1 fully saturated rings. The maximum absolute atomic E-state index is 5.40. The van der Waals surface area contributed by atoms with Gasteiger partial charge in [0, 0.05) is 18.6 Å². The Bertz CT molecular complexity index is 468. The van der Waals surface area contributed by atoms with Crippen LogP contribution in [0.3, 0.4) is 0 Å². The number of methoxy groups -OCH3 is 1. The summed E-state index contributed by atoms with van der Waals surface area (Å²) < 4.78 is 5.40. The van der Waals surface area contributed by atoms with Crippen molar-refractivity contribution in [1.82, 2.24) is 10.2 Å². The molecule has 3 rings (SSSR count). The molecule has 1 aromatic carbocycles. The van der Waals surface area contributed by atoms with Crippen LogP contribution >= 0.6 is 0 Å². The van der Waals surface area contributed by atoms with Crippen molar-refractivity contribution in [2.24, 2.45) is 0 Å². The summed E-state index contributed by atoms with van der Waals surface area (Å²) in [5.74, 6) is 0.997. The second kappa shape index (κ2) is 6.80. The van der Waals surface area contributed by atoms with Crippen molar-refractivity contribution < 1.29 is 4.74 Å². The molecule has 2 unspecified atom stereocenters. The lowest BCUT2D eigenvalue weighted by Gasteiger charge is -2.41. The maximum Gasteiger partial charge on any atom is 0.119 e. The number of nitrogens with zero attached hydrogens (tertiary/aromatic N) is 1. The molecule has 3 heteroatoms. The van der Waals surface area contributed by atoms with E-state index in [-0.39, 0.29) is 0 Å². The molecule has 0 spiro atoms. The van der Waals surface area contributed by atoms with Crippen molar-refractivity contribution in [1.29, 1.82) is 0 Å². The van der Waals surface area contributed by atoms with Crippen LogP contribution in [0.15, 0.2) is 18.2 Å². The number of nitrogens with one attached hydrogen (secondary N) is 1. The SMILES string of the molecule is CCN(C1CCCNC1)C1CCc2ccc(OC)cc2C1. The van der Waals surface area contributed by atoms with Crippen molar-refractivity contribution in [2.45, 2.75) is 51.1 Å². The van der Waals surface area contributed by atoms with Crippen molar-refractivity contribution in [2.75, 3.05) is 26.7 Å². The van der Waals surface area contributed by atoms with Crippen molar-refractivity contribution in [3.63, 3.8) is 0 Å². The summed E-state index contributed by atoms with van der Waals surface area (Å²) in [4.78, 5) is 2.74. The highest BCUT2D eigenvalue weighted by Gasteiger charge is 2.29. The predicted octanol–water partition coefficient (Wildman–Crippen LogP) is 2.63. The second-order valence-corrected chi connectivity index (χ2v) is 6.36. The summed E-state index contributed by atoms with van der Waals surface area (Å²) in [6.45, 7) is 5.83. The van der Waals surface area contributed by atoms with Crippen LogP contribution in [0, 0.1) is 0 Å². The topological polar surface area (TPSA) is 24.5 Å². The number of rotatable bonds is 4. The molecule has 1 N–H and O–H groups in total. The lowest BCUT2D eigenvalue weighted by atomic mass is 9.86. The number of ether oxygens (including phenoxy) is 1. The molecule has 0 saturated carbocycles. The molecule has 116 valence electrons. The minimum Gasteiger partial charge on any atom is -0.497 e. The summed E-state index contributed by atoms with van der Waals surface area (Å²) in [5, 5.41) is 3.56. The molecule has 0 aromatic heterocycles. The van der Waals surface area contributed by atoms with Crippen LogP contribution in [0.25, 0.3) is 0 Å². The highest BCUT2D eigenvalue weighted by Crippen LogP contribution is 2.29. The normalized spacial score (nSPS) is 25.7. The van der Waals surface area contributed by atoms with Crippen LogP contribution < -0.4 is 10.1 Å². The quantitative estimate of drug-likeness (QED) is 0.922. The first kappa shape index (κ1) is 14.9. The lowest BCUT2D eigenvalue weighted by molar-refractivity contribution is 0.109. The lowest BCUT2D eigenvalue weighted by Crippen LogP contribution is -2.51. The van der Waals surface area contributed by atoms with Crippen molar-refractivity contribution >= 4 is 0 Å². The molecule has 0 bridgehead atoms. The molecule has 2 atom stereocenters. The highest BCUT2D eigenvalue weighted by atomic mass is 16.5. The molecular formula is C18H28N2O. The van der Waals surface area contributed by atoms with E-state index in [0.717, 1.165) is 24.9 Å². The third-order valence-electron chi connectivity index (χ3n) is 5.19. The Morgan fingerprint density at radius 3 is 2.86 bits per heavy atom. The summed E-state index contributed by atoms with van der Waals surface area (Å²) in [5.41, 5.74) is 3.01. The Labute approximate surface area is 128 Å². The van der Waals surface area contributed by atoms with Gasteiger partial charge in [0.05, 0.1) is 7.11 Å². The molecule has 1 aliphatic heterocycles. The number of aryl methyl sites for hydroxylation is 1. The Morgan fingerprint density at radius 2 is 2.14 bits per heavy atom. The average molecular weight is 288 g/mol. The zero-order valence-electron chi connectivity index (χ0n) is 13.4. The molecule has 1 aromatic rings. The number of fused-ring (bicyclic) bond motifs is 1. The van der Waals surface area contributed by atoms with E-state index in [1.165, 1.54) is 49.8 Å². The fourth-order valence-corrected chi connectivity index (χ4v) is 4.06. The Morgan fingerprint density at radius 1 is 1.24 bits per heavy atom. The number of likely N-dealkylation sites (N-methyl/N-ethyl adjacent to an activating group) is 1. The third-order valence-corrected chi connectivity index (χ3v) is 5.19. The first-order valence-electron chi connectivity index (χ1n) is 8.44. The summed E-state index contributed by atoms with van der Waals surface area (Å²) in [6, 6.07) is 8.01. The van der Waals surface area contributed by atoms with Gasteiger partial charge < -0.3 is 10.1 Å². The van der Waals surface area contributed by atoms with Gasteiger partial charge in [-0.25, -0.2) is 0 Å². The second-order valence-electron chi connectivity index (χ2n) is 6.36. The van der Waals surface area contributed by atoms with Crippen LogP contribution in [-0.4, -0.2) is 43.7 Å². The Balaban J connectivity index is 1.73. The fraction of sp³-hybridized carbons (Fsp3) is 0.667. The van der Waals surface area contributed by atoms with Crippen LogP contribution in [0.4, 0.5) is 0 Å². The van der Waals surface area contributed by atoms with E-state index in [9.17, 15) is 0 Å². The number of hydrogen-bond acceptors (Lipinski definition) is 3. The molecule has 21 heavy (non-hydrogen) atoms. The van der Waals surface area contributed by atoms with Crippen LogP contribution in [0.2, 0.25) is 0 Å². The molecule has 0 radical (unpaired) electrons. The number of piperidine rings is 1. The largest absolute Gasteiger partial charge is 0.497 e. The minimum absolute atomic E-state index is 0.694. The van der Waals surface area contributed by atoms with Gasteiger partial charge in [0.25, 0.3) is 0 Å². The van der Waals surface area contributed by atoms with Gasteiger partial charge >= 0.3 is 0 Å². The maximum atomic E-state index is 5.40. The first-order chi connectivity index (χ1) is 10.3. The number of benzene rings is 1. The van der Waals surface area contributed by atoms with Gasteiger partial charge in [0.2, 0.25) is 0 Å². The standard InChI is InChI=1S/C18H28N2O/c1-3-20(17-5-4-10-19-13-17)16-8-6-14-7-9-18(21-2)12-15(14)11-16/h7,9,12,16-17,19H,3-6,8,10-11,13H2,1-2H3. The third kappa shape index (κ3) is 3.24. The molecule has 0 amide bonds. The van der Waals surface area contributed by atoms with Crippen LogP contribution in [0.1, 0.15) is 37.3 Å². The van der Waals surface area contributed by atoms with E-state index in [1.807, 2.05) is 0 Å². The smallest absolute Gasteiger partial charge is 0.119 e. The molecule has 1 heterocycles. The van der Waals surface area contributed by atoms with Gasteiger partial charge in [-0.15, -0.1) is 0 Å². The van der Waals surface area contributed by atoms with E-state index < -0.39 is 0 Å². The zero-order chi connectivity index (χ0) is 14.7. The van der Waals surface area contributed by atoms with E-state index in [1.54, 1.807) is 7.11 Å². The first-order valence-corrected chi connectivity index (χ1v) is 8.44. The van der Waals surface area contributed by atoms with E-state index in [4.69, 9.17) is 4.74 Å². The summed E-state index contributed by atoms with van der Waals surface area (Å²) in [7, 11) is 1.76. The molecule has 1 aliphatic carbocycles. The fourth-order valence-electron chi connectivity index (χ4n) is 4.06. The van der Waals surface area contributed by atoms with Gasteiger partial charge in [-0.05, 0) is 68.5 Å². The van der Waals surface area contributed by atoms with Gasteiger partial charge in [0.15, 0.2) is 0 Å². The van der Waals surface area contributed by atoms with Gasteiger partial charge in [-0.3, -0.25) is 4.90 Å². The highest BCUT2D eigenvalue weighted by molar-refractivity contribution is 5.38. The average Bonchev–Trinajstić information content (AvgIpc) is 2.56.